The Morgan fingerprint density at radius 2 is 1.29 bits per heavy atom. The van der Waals surface area contributed by atoms with E-state index >= 15 is 0 Å². The molecule has 3 rings (SSSR count). The van der Waals surface area contributed by atoms with Gasteiger partial charge in [0.05, 0.1) is 56.3 Å². The summed E-state index contributed by atoms with van der Waals surface area (Å²) in [5.74, 6) is -0.442. The van der Waals surface area contributed by atoms with Gasteiger partial charge in [-0.25, -0.2) is 0 Å². The fourth-order valence-corrected chi connectivity index (χ4v) is 4.58. The summed E-state index contributed by atoms with van der Waals surface area (Å²) < 4.78 is 34.0. The molecule has 3 aliphatic heterocycles. The lowest BCUT2D eigenvalue weighted by atomic mass is 9.89. The largest absolute Gasteiger partial charge is 0.394 e. The van der Waals surface area contributed by atoms with Gasteiger partial charge in [0, 0.05) is 13.0 Å². The van der Waals surface area contributed by atoms with Crippen molar-refractivity contribution in [1.29, 1.82) is 0 Å². The SMILES string of the molecule is COC1OC(CO)C(OC2OC(CO)C(OC3OC(CO)C(C)C(O)C3N)C(O)C2N)CC1N. The van der Waals surface area contributed by atoms with E-state index in [0.717, 1.165) is 0 Å². The molecule has 14 atom stereocenters. The van der Waals surface area contributed by atoms with Gasteiger partial charge in [-0.3, -0.25) is 0 Å². The van der Waals surface area contributed by atoms with E-state index in [-0.39, 0.29) is 19.6 Å². The summed E-state index contributed by atoms with van der Waals surface area (Å²) in [5.41, 5.74) is 18.3. The quantitative estimate of drug-likeness (QED) is 0.157. The van der Waals surface area contributed by atoms with Crippen LogP contribution in [0.3, 0.4) is 0 Å². The van der Waals surface area contributed by atoms with E-state index in [0.29, 0.717) is 0 Å². The van der Waals surface area contributed by atoms with Gasteiger partial charge in [0.1, 0.15) is 24.4 Å². The second-order valence-corrected chi connectivity index (χ2v) is 9.08. The Hall–Kier alpha value is -0.560. The van der Waals surface area contributed by atoms with Crippen LogP contribution < -0.4 is 17.2 Å². The molecule has 0 saturated carbocycles. The van der Waals surface area contributed by atoms with Gasteiger partial charge in [-0.1, -0.05) is 6.92 Å². The summed E-state index contributed by atoms with van der Waals surface area (Å²) in [4.78, 5) is 0. The van der Waals surface area contributed by atoms with E-state index in [1.165, 1.54) is 7.11 Å². The summed E-state index contributed by atoms with van der Waals surface area (Å²) in [6.45, 7) is 0.383. The first-order valence-corrected chi connectivity index (χ1v) is 11.4. The maximum absolute atomic E-state index is 10.9. The molecule has 0 bridgehead atoms. The van der Waals surface area contributed by atoms with Crippen molar-refractivity contribution in [3.63, 3.8) is 0 Å². The van der Waals surface area contributed by atoms with Gasteiger partial charge in [-0.05, 0) is 6.42 Å². The lowest BCUT2D eigenvalue weighted by molar-refractivity contribution is -0.339. The van der Waals surface area contributed by atoms with Crippen LogP contribution in [0.15, 0.2) is 0 Å². The third-order valence-electron chi connectivity index (χ3n) is 6.81. The molecule has 0 aromatic heterocycles. The van der Waals surface area contributed by atoms with Crippen LogP contribution in [0.4, 0.5) is 0 Å². The number of aliphatic hydroxyl groups excluding tert-OH is 5. The Kier molecular flexibility index (Phi) is 9.99. The van der Waals surface area contributed by atoms with Crippen molar-refractivity contribution in [3.05, 3.63) is 0 Å². The van der Waals surface area contributed by atoms with Crippen LogP contribution in [0.25, 0.3) is 0 Å². The first kappa shape index (κ1) is 28.0. The number of nitrogens with two attached hydrogens (primary N) is 3. The number of aliphatic hydroxyl groups is 5. The third kappa shape index (κ3) is 5.71. The lowest BCUT2D eigenvalue weighted by Crippen LogP contribution is -2.67. The zero-order valence-electron chi connectivity index (χ0n) is 19.3. The van der Waals surface area contributed by atoms with Crippen LogP contribution >= 0.6 is 0 Å². The molecule has 11 N–H and O–H groups in total. The normalized spacial score (nSPS) is 50.3. The highest BCUT2D eigenvalue weighted by molar-refractivity contribution is 4.96. The third-order valence-corrected chi connectivity index (χ3v) is 6.81. The highest BCUT2D eigenvalue weighted by Gasteiger charge is 2.50. The molecular formula is C20H39N3O11. The average molecular weight is 498 g/mol. The highest BCUT2D eigenvalue weighted by Crippen LogP contribution is 2.32. The first-order chi connectivity index (χ1) is 16.2. The van der Waals surface area contributed by atoms with Gasteiger partial charge in [-0.2, -0.15) is 0 Å². The van der Waals surface area contributed by atoms with Crippen LogP contribution in [-0.4, -0.2) is 132 Å². The van der Waals surface area contributed by atoms with Crippen molar-refractivity contribution < 1.29 is 54.0 Å². The minimum absolute atomic E-state index is 0.263. The van der Waals surface area contributed by atoms with Crippen molar-refractivity contribution in [2.75, 3.05) is 26.9 Å². The van der Waals surface area contributed by atoms with E-state index in [2.05, 4.69) is 0 Å². The van der Waals surface area contributed by atoms with Crippen molar-refractivity contribution in [1.82, 2.24) is 0 Å². The highest BCUT2D eigenvalue weighted by atomic mass is 16.7. The van der Waals surface area contributed by atoms with Gasteiger partial charge in [0.2, 0.25) is 0 Å². The zero-order chi connectivity index (χ0) is 25.2. The van der Waals surface area contributed by atoms with Gasteiger partial charge in [0.15, 0.2) is 18.9 Å². The van der Waals surface area contributed by atoms with Crippen LogP contribution in [0.5, 0.6) is 0 Å². The summed E-state index contributed by atoms with van der Waals surface area (Å²) >= 11 is 0. The lowest BCUT2D eigenvalue weighted by Gasteiger charge is -2.48. The molecule has 3 saturated heterocycles. The average Bonchev–Trinajstić information content (AvgIpc) is 2.83. The molecule has 0 radical (unpaired) electrons. The summed E-state index contributed by atoms with van der Waals surface area (Å²) in [6.07, 6.45) is -9.73. The van der Waals surface area contributed by atoms with Crippen LogP contribution in [0.1, 0.15) is 13.3 Å². The van der Waals surface area contributed by atoms with Crippen LogP contribution in [0, 0.1) is 5.92 Å². The van der Waals surface area contributed by atoms with Crippen molar-refractivity contribution in [3.8, 4) is 0 Å². The summed E-state index contributed by atoms with van der Waals surface area (Å²) in [6, 6.07) is -2.64. The Bertz CT molecular complexity index is 633. The molecule has 3 aliphatic rings. The van der Waals surface area contributed by atoms with Crippen molar-refractivity contribution in [2.24, 2.45) is 23.1 Å². The van der Waals surface area contributed by atoms with Gasteiger partial charge in [0.25, 0.3) is 0 Å². The van der Waals surface area contributed by atoms with Crippen LogP contribution in [0.2, 0.25) is 0 Å². The predicted octanol–water partition coefficient (Wildman–Crippen LogP) is -4.72. The van der Waals surface area contributed by atoms with Crippen molar-refractivity contribution >= 4 is 0 Å². The molecule has 3 fully saturated rings. The zero-order valence-corrected chi connectivity index (χ0v) is 19.3. The minimum Gasteiger partial charge on any atom is -0.394 e. The van der Waals surface area contributed by atoms with E-state index in [1.54, 1.807) is 6.92 Å². The molecule has 0 aromatic carbocycles. The Morgan fingerprint density at radius 1 is 0.765 bits per heavy atom. The molecule has 0 aliphatic carbocycles. The molecule has 14 unspecified atom stereocenters. The molecule has 34 heavy (non-hydrogen) atoms. The molecule has 14 heteroatoms. The van der Waals surface area contributed by atoms with Gasteiger partial charge >= 0.3 is 0 Å². The smallest absolute Gasteiger partial charge is 0.176 e. The Labute approximate surface area is 197 Å². The fourth-order valence-electron chi connectivity index (χ4n) is 4.58. The second kappa shape index (κ2) is 12.1. The molecule has 14 nitrogen and oxygen atoms in total. The van der Waals surface area contributed by atoms with E-state index in [9.17, 15) is 25.5 Å². The predicted molar refractivity (Wildman–Crippen MR) is 114 cm³/mol. The molecule has 200 valence electrons. The maximum Gasteiger partial charge on any atom is 0.176 e. The van der Waals surface area contributed by atoms with E-state index in [1.807, 2.05) is 0 Å². The monoisotopic (exact) mass is 497 g/mol. The van der Waals surface area contributed by atoms with Gasteiger partial charge < -0.3 is 71.2 Å². The molecular weight excluding hydrogens is 458 g/mol. The fraction of sp³-hybridized carbons (Fsp3) is 1.00. The molecule has 0 amide bonds. The Morgan fingerprint density at radius 3 is 1.88 bits per heavy atom. The first-order valence-electron chi connectivity index (χ1n) is 11.4. The number of ether oxygens (including phenoxy) is 6. The minimum atomic E-state index is -1.38. The van der Waals surface area contributed by atoms with Crippen LogP contribution in [-0.2, 0) is 28.4 Å². The van der Waals surface area contributed by atoms with Crippen molar-refractivity contribution in [2.45, 2.75) is 93.1 Å². The standard InChI is InChI=1S/C20H39N3O11/c1-7-10(4-24)31-20(13(22)15(7)27)34-17-12(6-26)33-19(14(23)16(17)28)30-9-3-8(21)18(29-2)32-11(9)5-25/h7-20,24-28H,3-6,21-23H2,1-2H3. The number of rotatable bonds is 8. The second-order valence-electron chi connectivity index (χ2n) is 9.08. The number of hydrogen-bond acceptors (Lipinski definition) is 14. The Balaban J connectivity index is 1.68. The topological polar surface area (TPSA) is 235 Å². The van der Waals surface area contributed by atoms with E-state index in [4.69, 9.17) is 45.6 Å². The summed E-state index contributed by atoms with van der Waals surface area (Å²) in [5, 5.41) is 50.4. The molecule has 0 spiro atoms. The summed E-state index contributed by atoms with van der Waals surface area (Å²) in [7, 11) is 1.44. The molecule has 3 heterocycles. The maximum atomic E-state index is 10.9. The number of methoxy groups -OCH3 is 1. The van der Waals surface area contributed by atoms with E-state index < -0.39 is 92.2 Å². The molecule has 0 aromatic rings. The van der Waals surface area contributed by atoms with Gasteiger partial charge in [-0.15, -0.1) is 0 Å². The number of hydrogen-bond donors (Lipinski definition) is 8.